The van der Waals surface area contributed by atoms with Gasteiger partial charge in [0.05, 0.1) is 0 Å². The van der Waals surface area contributed by atoms with Gasteiger partial charge in [-0.15, -0.1) is 13.2 Å². The lowest BCUT2D eigenvalue weighted by Gasteiger charge is -2.15. The normalized spacial score (nSPS) is 11.1. The van der Waals surface area contributed by atoms with Gasteiger partial charge in [-0.3, -0.25) is 9.59 Å². The van der Waals surface area contributed by atoms with E-state index in [0.717, 1.165) is 6.07 Å². The van der Waals surface area contributed by atoms with Crippen molar-refractivity contribution in [3.05, 3.63) is 64.7 Å². The molecular formula is C16H13F3N2O3. The fourth-order valence-electron chi connectivity index (χ4n) is 2.30. The lowest BCUT2D eigenvalue weighted by atomic mass is 9.93. The molecule has 0 atom stereocenters. The van der Waals surface area contributed by atoms with E-state index < -0.39 is 23.9 Å². The highest BCUT2D eigenvalue weighted by molar-refractivity contribution is 6.01. The molecule has 0 aliphatic carbocycles. The average Bonchev–Trinajstić information content (AvgIpc) is 2.47. The molecule has 2 aromatic rings. The van der Waals surface area contributed by atoms with E-state index in [1.807, 2.05) is 0 Å². The Morgan fingerprint density at radius 2 is 1.46 bits per heavy atom. The van der Waals surface area contributed by atoms with Crippen molar-refractivity contribution >= 4 is 11.8 Å². The molecule has 24 heavy (non-hydrogen) atoms. The number of carbonyl (C=O) groups is 2. The zero-order valence-electron chi connectivity index (χ0n) is 12.3. The first-order chi connectivity index (χ1) is 11.2. The number of hydrogen-bond donors (Lipinski definition) is 2. The van der Waals surface area contributed by atoms with E-state index in [1.165, 1.54) is 36.4 Å². The summed E-state index contributed by atoms with van der Waals surface area (Å²) < 4.78 is 41.5. The van der Waals surface area contributed by atoms with Crippen molar-refractivity contribution in [1.82, 2.24) is 0 Å². The van der Waals surface area contributed by atoms with E-state index in [1.54, 1.807) is 0 Å². The van der Waals surface area contributed by atoms with Gasteiger partial charge in [0.15, 0.2) is 0 Å². The second kappa shape index (κ2) is 6.61. The summed E-state index contributed by atoms with van der Waals surface area (Å²) in [5.74, 6) is -2.07. The smallest absolute Gasteiger partial charge is 0.405 e. The molecule has 0 unspecified atom stereocenters. The van der Waals surface area contributed by atoms with Gasteiger partial charge in [-0.1, -0.05) is 24.3 Å². The van der Waals surface area contributed by atoms with Crippen LogP contribution in [0.4, 0.5) is 13.2 Å². The van der Waals surface area contributed by atoms with Crippen LogP contribution in [0, 0.1) is 0 Å². The monoisotopic (exact) mass is 338 g/mol. The highest BCUT2D eigenvalue weighted by Gasteiger charge is 2.32. The van der Waals surface area contributed by atoms with Crippen molar-refractivity contribution in [3.8, 4) is 5.75 Å². The third-order valence-electron chi connectivity index (χ3n) is 3.27. The second-order valence-electron chi connectivity index (χ2n) is 4.89. The summed E-state index contributed by atoms with van der Waals surface area (Å²) in [7, 11) is 0. The Bertz CT molecular complexity index is 756. The quantitative estimate of drug-likeness (QED) is 0.876. The largest absolute Gasteiger partial charge is 0.573 e. The number of carbonyl (C=O) groups excluding carboxylic acids is 2. The summed E-state index contributed by atoms with van der Waals surface area (Å²) in [6, 6.07) is 9.58. The second-order valence-corrected chi connectivity index (χ2v) is 4.89. The van der Waals surface area contributed by atoms with Crippen molar-refractivity contribution in [2.24, 2.45) is 11.5 Å². The van der Waals surface area contributed by atoms with Crippen molar-refractivity contribution in [1.29, 1.82) is 0 Å². The number of para-hydroxylation sites is 1. The van der Waals surface area contributed by atoms with Gasteiger partial charge in [-0.05, 0) is 29.3 Å². The number of ether oxygens (including phenoxy) is 1. The van der Waals surface area contributed by atoms with Crippen LogP contribution in [0.2, 0.25) is 0 Å². The van der Waals surface area contributed by atoms with Crippen LogP contribution in [0.25, 0.3) is 0 Å². The molecule has 5 nitrogen and oxygen atoms in total. The van der Waals surface area contributed by atoms with E-state index in [-0.39, 0.29) is 28.7 Å². The van der Waals surface area contributed by atoms with Crippen LogP contribution in [0.15, 0.2) is 42.5 Å². The Hall–Kier alpha value is -3.03. The van der Waals surface area contributed by atoms with Gasteiger partial charge in [0.1, 0.15) is 5.75 Å². The summed E-state index contributed by atoms with van der Waals surface area (Å²) in [5.41, 5.74) is 10.8. The standard InChI is InChI=1S/C16H13F3N2O3/c17-16(18,19)24-13-7-2-1-4-9(13)8-12-10(14(20)22)5-3-6-11(12)15(21)23/h1-7H,8H2,(H2,20,22)(H2,21,23). The first kappa shape index (κ1) is 17.3. The summed E-state index contributed by atoms with van der Waals surface area (Å²) in [4.78, 5) is 23.1. The number of alkyl halides is 3. The Balaban J connectivity index is 2.53. The Kier molecular flexibility index (Phi) is 4.77. The van der Waals surface area contributed by atoms with Crippen molar-refractivity contribution < 1.29 is 27.5 Å². The predicted molar refractivity (Wildman–Crippen MR) is 79.4 cm³/mol. The van der Waals surface area contributed by atoms with Crippen molar-refractivity contribution in [2.75, 3.05) is 0 Å². The minimum absolute atomic E-state index is 0.00751. The molecule has 0 saturated heterocycles. The highest BCUT2D eigenvalue weighted by atomic mass is 19.4. The van der Waals surface area contributed by atoms with Gasteiger partial charge < -0.3 is 16.2 Å². The molecule has 0 spiro atoms. The number of amides is 2. The maximum Gasteiger partial charge on any atom is 0.573 e. The zero-order chi connectivity index (χ0) is 17.9. The van der Waals surface area contributed by atoms with Crippen LogP contribution >= 0.6 is 0 Å². The zero-order valence-corrected chi connectivity index (χ0v) is 12.3. The first-order valence-electron chi connectivity index (χ1n) is 6.74. The van der Waals surface area contributed by atoms with E-state index in [9.17, 15) is 22.8 Å². The topological polar surface area (TPSA) is 95.4 Å². The maximum absolute atomic E-state index is 12.5. The molecule has 0 saturated carbocycles. The lowest BCUT2D eigenvalue weighted by molar-refractivity contribution is -0.274. The number of benzene rings is 2. The highest BCUT2D eigenvalue weighted by Crippen LogP contribution is 2.29. The van der Waals surface area contributed by atoms with Crippen molar-refractivity contribution in [2.45, 2.75) is 12.8 Å². The number of hydrogen-bond acceptors (Lipinski definition) is 3. The van der Waals surface area contributed by atoms with Crippen LogP contribution in [-0.2, 0) is 6.42 Å². The minimum Gasteiger partial charge on any atom is -0.405 e. The third kappa shape index (κ3) is 4.03. The van der Waals surface area contributed by atoms with Crippen LogP contribution in [0.3, 0.4) is 0 Å². The molecule has 0 aliphatic heterocycles. The molecule has 0 bridgehead atoms. The summed E-state index contributed by atoms with van der Waals surface area (Å²) in [6.07, 6.45) is -5.05. The van der Waals surface area contributed by atoms with Gasteiger partial charge in [-0.2, -0.15) is 0 Å². The number of primary amides is 2. The molecule has 2 aromatic carbocycles. The number of nitrogens with two attached hydrogens (primary N) is 2. The molecular weight excluding hydrogens is 325 g/mol. The molecule has 8 heteroatoms. The van der Waals surface area contributed by atoms with Gasteiger partial charge in [-0.25, -0.2) is 0 Å². The fraction of sp³-hybridized carbons (Fsp3) is 0.125. The van der Waals surface area contributed by atoms with E-state index >= 15 is 0 Å². The van der Waals surface area contributed by atoms with Gasteiger partial charge in [0, 0.05) is 17.5 Å². The molecule has 0 aliphatic rings. The van der Waals surface area contributed by atoms with E-state index in [4.69, 9.17) is 11.5 Å². The SMILES string of the molecule is NC(=O)c1cccc(C(N)=O)c1Cc1ccccc1OC(F)(F)F. The molecule has 0 aromatic heterocycles. The molecule has 0 heterocycles. The number of rotatable bonds is 5. The molecule has 2 rings (SSSR count). The predicted octanol–water partition coefficient (Wildman–Crippen LogP) is 2.37. The first-order valence-corrected chi connectivity index (χ1v) is 6.74. The molecule has 4 N–H and O–H groups in total. The van der Waals surface area contributed by atoms with Crippen LogP contribution in [0.5, 0.6) is 5.75 Å². The summed E-state index contributed by atoms with van der Waals surface area (Å²) in [5, 5.41) is 0. The van der Waals surface area contributed by atoms with Crippen LogP contribution in [-0.4, -0.2) is 18.2 Å². The average molecular weight is 338 g/mol. The summed E-state index contributed by atoms with van der Waals surface area (Å²) >= 11 is 0. The van der Waals surface area contributed by atoms with Gasteiger partial charge >= 0.3 is 6.36 Å². The number of halogens is 3. The van der Waals surface area contributed by atoms with Crippen molar-refractivity contribution in [3.63, 3.8) is 0 Å². The molecule has 0 fully saturated rings. The van der Waals surface area contributed by atoms with E-state index in [2.05, 4.69) is 4.74 Å². The fourth-order valence-corrected chi connectivity index (χ4v) is 2.30. The van der Waals surface area contributed by atoms with Gasteiger partial charge in [0.25, 0.3) is 0 Å². The minimum atomic E-state index is -4.87. The van der Waals surface area contributed by atoms with Crippen LogP contribution in [0.1, 0.15) is 31.8 Å². The third-order valence-corrected chi connectivity index (χ3v) is 3.27. The molecule has 0 radical (unpaired) electrons. The molecule has 126 valence electrons. The van der Waals surface area contributed by atoms with E-state index in [0.29, 0.717) is 0 Å². The Morgan fingerprint density at radius 3 is 1.96 bits per heavy atom. The Morgan fingerprint density at radius 1 is 0.917 bits per heavy atom. The maximum atomic E-state index is 12.5. The van der Waals surface area contributed by atoms with Gasteiger partial charge in [0.2, 0.25) is 11.8 Å². The van der Waals surface area contributed by atoms with Crippen LogP contribution < -0.4 is 16.2 Å². The molecule has 2 amide bonds. The lowest BCUT2D eigenvalue weighted by Crippen LogP contribution is -2.21. The summed E-state index contributed by atoms with van der Waals surface area (Å²) in [6.45, 7) is 0. The Labute approximate surface area is 135 Å².